The number of nitro benzene ring substituents is 1. The minimum atomic E-state index is -1.19. The van der Waals surface area contributed by atoms with Gasteiger partial charge in [0.15, 0.2) is 0 Å². The monoisotopic (exact) mass is 415 g/mol. The van der Waals surface area contributed by atoms with Crippen LogP contribution in [0.15, 0.2) is 78.9 Å². The summed E-state index contributed by atoms with van der Waals surface area (Å²) in [7, 11) is 0. The van der Waals surface area contributed by atoms with E-state index in [4.69, 9.17) is 0 Å². The van der Waals surface area contributed by atoms with Gasteiger partial charge in [-0.25, -0.2) is 0 Å². The number of hydrogen-bond donors (Lipinski definition) is 0. The Morgan fingerprint density at radius 2 is 1.58 bits per heavy atom. The van der Waals surface area contributed by atoms with Gasteiger partial charge in [0.25, 0.3) is 17.5 Å². The zero-order valence-electron chi connectivity index (χ0n) is 17.2. The number of nitro groups is 1. The second kappa shape index (κ2) is 7.68. The van der Waals surface area contributed by atoms with Crippen LogP contribution in [0.2, 0.25) is 0 Å². The third-order valence-electron chi connectivity index (χ3n) is 5.43. The summed E-state index contributed by atoms with van der Waals surface area (Å²) in [5, 5.41) is 11.2. The maximum absolute atomic E-state index is 13.6. The zero-order valence-corrected chi connectivity index (χ0v) is 17.2. The molecule has 7 nitrogen and oxygen atoms in total. The maximum Gasteiger partial charge on any atom is 0.270 e. The van der Waals surface area contributed by atoms with Gasteiger partial charge in [0, 0.05) is 17.7 Å². The van der Waals surface area contributed by atoms with E-state index in [1.54, 1.807) is 36.9 Å². The van der Waals surface area contributed by atoms with Gasteiger partial charge < -0.3 is 4.90 Å². The second-order valence-corrected chi connectivity index (χ2v) is 7.87. The van der Waals surface area contributed by atoms with Gasteiger partial charge in [-0.05, 0) is 37.6 Å². The molecule has 31 heavy (non-hydrogen) atoms. The highest BCUT2D eigenvalue weighted by Crippen LogP contribution is 2.42. The number of hydrogen-bond acceptors (Lipinski definition) is 4. The highest BCUT2D eigenvalue weighted by molar-refractivity contribution is 6.19. The molecule has 0 atom stereocenters. The van der Waals surface area contributed by atoms with Crippen molar-refractivity contribution < 1.29 is 14.5 Å². The standard InChI is InChI=1S/C24H21N3O4/c1-24(2)23(29)25(16-17-9-4-3-5-10-17)20-13-6-7-14-21(20)26(24)22(28)18-11-8-12-19(15-18)27(30)31/h3-15H,16H2,1-2H3. The maximum atomic E-state index is 13.6. The van der Waals surface area contributed by atoms with E-state index in [9.17, 15) is 19.7 Å². The molecular formula is C24H21N3O4. The first-order valence-corrected chi connectivity index (χ1v) is 9.84. The molecule has 0 fully saturated rings. The van der Waals surface area contributed by atoms with Gasteiger partial charge in [-0.2, -0.15) is 0 Å². The van der Waals surface area contributed by atoms with Crippen LogP contribution in [0.25, 0.3) is 0 Å². The molecule has 7 heteroatoms. The molecule has 4 rings (SSSR count). The Hall–Kier alpha value is -4.00. The molecule has 2 amide bonds. The van der Waals surface area contributed by atoms with Crippen molar-refractivity contribution in [2.45, 2.75) is 25.9 Å². The number of amides is 2. The van der Waals surface area contributed by atoms with Crippen molar-refractivity contribution in [3.05, 3.63) is 100 Å². The minimum absolute atomic E-state index is 0.154. The average molecular weight is 415 g/mol. The first-order chi connectivity index (χ1) is 14.8. The summed E-state index contributed by atoms with van der Waals surface area (Å²) in [6.07, 6.45) is 0. The average Bonchev–Trinajstić information content (AvgIpc) is 2.77. The van der Waals surface area contributed by atoms with Crippen molar-refractivity contribution in [1.29, 1.82) is 0 Å². The van der Waals surface area contributed by atoms with E-state index in [1.165, 1.54) is 29.2 Å². The minimum Gasteiger partial charge on any atom is -0.304 e. The van der Waals surface area contributed by atoms with Crippen molar-refractivity contribution >= 4 is 28.9 Å². The molecule has 0 saturated heterocycles. The van der Waals surface area contributed by atoms with Gasteiger partial charge in [0.05, 0.1) is 22.8 Å². The van der Waals surface area contributed by atoms with E-state index in [-0.39, 0.29) is 17.2 Å². The molecule has 0 unspecified atom stereocenters. The van der Waals surface area contributed by atoms with Crippen LogP contribution in [-0.4, -0.2) is 22.3 Å². The van der Waals surface area contributed by atoms with Gasteiger partial charge in [-0.3, -0.25) is 24.6 Å². The lowest BCUT2D eigenvalue weighted by Gasteiger charge is -2.46. The summed E-state index contributed by atoms with van der Waals surface area (Å²) in [6, 6.07) is 22.4. The molecule has 156 valence electrons. The number of non-ortho nitro benzene ring substituents is 1. The Kier molecular flexibility index (Phi) is 5.02. The highest BCUT2D eigenvalue weighted by Gasteiger charge is 2.47. The van der Waals surface area contributed by atoms with E-state index in [1.807, 2.05) is 36.4 Å². The van der Waals surface area contributed by atoms with Crippen LogP contribution in [-0.2, 0) is 11.3 Å². The fourth-order valence-corrected chi connectivity index (χ4v) is 3.89. The van der Waals surface area contributed by atoms with Crippen molar-refractivity contribution in [1.82, 2.24) is 0 Å². The van der Waals surface area contributed by atoms with Crippen molar-refractivity contribution in [2.24, 2.45) is 0 Å². The molecule has 3 aromatic carbocycles. The molecule has 1 aliphatic rings. The molecule has 0 bridgehead atoms. The quantitative estimate of drug-likeness (QED) is 0.462. The predicted octanol–water partition coefficient (Wildman–Crippen LogP) is 4.57. The Morgan fingerprint density at radius 1 is 0.935 bits per heavy atom. The summed E-state index contributed by atoms with van der Waals surface area (Å²) < 4.78 is 0. The van der Waals surface area contributed by atoms with Crippen molar-refractivity contribution in [3.63, 3.8) is 0 Å². The molecule has 1 aliphatic heterocycles. The van der Waals surface area contributed by atoms with Crippen LogP contribution in [0.3, 0.4) is 0 Å². The van der Waals surface area contributed by atoms with Gasteiger partial charge in [-0.15, -0.1) is 0 Å². The fraction of sp³-hybridized carbons (Fsp3) is 0.167. The van der Waals surface area contributed by atoms with Crippen LogP contribution in [0.5, 0.6) is 0 Å². The number of fused-ring (bicyclic) bond motifs is 1. The van der Waals surface area contributed by atoms with Crippen LogP contribution in [0.1, 0.15) is 29.8 Å². The summed E-state index contributed by atoms with van der Waals surface area (Å²) in [6.45, 7) is 3.76. The Morgan fingerprint density at radius 3 is 2.26 bits per heavy atom. The van der Waals surface area contributed by atoms with E-state index < -0.39 is 16.4 Å². The topological polar surface area (TPSA) is 83.8 Å². The van der Waals surface area contributed by atoms with Gasteiger partial charge in [-0.1, -0.05) is 48.5 Å². The zero-order chi connectivity index (χ0) is 22.2. The SMILES string of the molecule is CC1(C)C(=O)N(Cc2ccccc2)c2ccccc2N1C(=O)c1cccc([N+](=O)[O-])c1. The summed E-state index contributed by atoms with van der Waals surface area (Å²) in [5.41, 5.74) is 0.964. The summed E-state index contributed by atoms with van der Waals surface area (Å²) >= 11 is 0. The molecule has 0 aromatic heterocycles. The highest BCUT2D eigenvalue weighted by atomic mass is 16.6. The predicted molar refractivity (Wildman–Crippen MR) is 118 cm³/mol. The molecule has 0 N–H and O–H groups in total. The molecule has 0 spiro atoms. The van der Waals surface area contributed by atoms with Crippen LogP contribution in [0, 0.1) is 10.1 Å². The van der Waals surface area contributed by atoms with Crippen LogP contribution < -0.4 is 9.80 Å². The van der Waals surface area contributed by atoms with Crippen LogP contribution >= 0.6 is 0 Å². The molecule has 1 heterocycles. The van der Waals surface area contributed by atoms with Crippen molar-refractivity contribution in [2.75, 3.05) is 9.80 Å². The first kappa shape index (κ1) is 20.3. The summed E-state index contributed by atoms with van der Waals surface area (Å²) in [4.78, 5) is 40.8. The lowest BCUT2D eigenvalue weighted by Crippen LogP contribution is -2.62. The van der Waals surface area contributed by atoms with Gasteiger partial charge in [0.1, 0.15) is 5.54 Å². The van der Waals surface area contributed by atoms with E-state index in [2.05, 4.69) is 0 Å². The molecule has 0 saturated carbocycles. The number of benzene rings is 3. The molecule has 0 radical (unpaired) electrons. The fourth-order valence-electron chi connectivity index (χ4n) is 3.89. The van der Waals surface area contributed by atoms with E-state index in [0.29, 0.717) is 17.9 Å². The van der Waals surface area contributed by atoms with Gasteiger partial charge in [0.2, 0.25) is 0 Å². The molecule has 3 aromatic rings. The molecular weight excluding hydrogens is 394 g/mol. The first-order valence-electron chi connectivity index (χ1n) is 9.84. The second-order valence-electron chi connectivity index (χ2n) is 7.87. The Balaban J connectivity index is 1.81. The number of nitrogens with zero attached hydrogens (tertiary/aromatic N) is 3. The molecule has 0 aliphatic carbocycles. The third kappa shape index (κ3) is 3.54. The largest absolute Gasteiger partial charge is 0.304 e. The van der Waals surface area contributed by atoms with E-state index >= 15 is 0 Å². The van der Waals surface area contributed by atoms with Gasteiger partial charge >= 0.3 is 0 Å². The third-order valence-corrected chi connectivity index (χ3v) is 5.43. The van der Waals surface area contributed by atoms with Crippen LogP contribution in [0.4, 0.5) is 17.1 Å². The summed E-state index contributed by atoms with van der Waals surface area (Å²) in [5.74, 6) is -0.692. The number of carbonyl (C=O) groups is 2. The lowest BCUT2D eigenvalue weighted by atomic mass is 9.93. The number of carbonyl (C=O) groups excluding carboxylic acids is 2. The number of para-hydroxylation sites is 2. The van der Waals surface area contributed by atoms with Crippen molar-refractivity contribution in [3.8, 4) is 0 Å². The lowest BCUT2D eigenvalue weighted by molar-refractivity contribution is -0.384. The Labute approximate surface area is 179 Å². The number of rotatable bonds is 4. The van der Waals surface area contributed by atoms with E-state index in [0.717, 1.165) is 5.56 Å². The normalized spacial score (nSPS) is 14.8. The smallest absolute Gasteiger partial charge is 0.270 e. The Bertz CT molecular complexity index is 1170. The number of anilines is 2.